The molecule has 2 heterocycles. The van der Waals surface area contributed by atoms with Gasteiger partial charge in [0.2, 0.25) is 5.95 Å². The van der Waals surface area contributed by atoms with Crippen LogP contribution >= 0.6 is 7.14 Å². The van der Waals surface area contributed by atoms with Gasteiger partial charge in [0.05, 0.1) is 22.9 Å². The van der Waals surface area contributed by atoms with Crippen LogP contribution in [-0.2, 0) is 15.5 Å². The molecule has 1 aliphatic carbocycles. The first kappa shape index (κ1) is 35.2. The van der Waals surface area contributed by atoms with E-state index in [1.165, 1.54) is 31.7 Å². The molecule has 252 valence electrons. The maximum atomic E-state index is 14.2. The van der Waals surface area contributed by atoms with E-state index < -0.39 is 36.5 Å². The molecule has 0 aliphatic heterocycles. The fraction of sp³-hybridized carbons (Fsp3) is 0.548. The number of aromatic carboxylic acids is 1. The summed E-state index contributed by atoms with van der Waals surface area (Å²) in [6.45, 7) is 10.3. The number of amides is 1. The normalized spacial score (nSPS) is 18.0. The monoisotopic (exact) mass is 666 g/mol. The highest BCUT2D eigenvalue weighted by molar-refractivity contribution is 7.70. The zero-order chi connectivity index (χ0) is 34.0. The fourth-order valence-corrected chi connectivity index (χ4v) is 7.24. The van der Waals surface area contributed by atoms with Crippen molar-refractivity contribution < 1.29 is 37.2 Å². The third-order valence-corrected chi connectivity index (χ3v) is 9.23. The van der Waals surface area contributed by atoms with Gasteiger partial charge in [-0.2, -0.15) is 13.2 Å². The van der Waals surface area contributed by atoms with Crippen LogP contribution in [0, 0.1) is 0 Å². The Morgan fingerprint density at radius 3 is 2.48 bits per heavy atom. The van der Waals surface area contributed by atoms with Gasteiger partial charge in [-0.15, -0.1) is 0 Å². The molecule has 0 radical (unpaired) electrons. The van der Waals surface area contributed by atoms with Gasteiger partial charge in [-0.3, -0.25) is 5.32 Å². The van der Waals surface area contributed by atoms with Crippen molar-refractivity contribution in [2.45, 2.75) is 96.2 Å². The van der Waals surface area contributed by atoms with E-state index >= 15 is 0 Å². The van der Waals surface area contributed by atoms with E-state index in [1.807, 2.05) is 0 Å². The number of alkyl carbamates (subject to hydrolysis) is 1. The Bertz CT molecular complexity index is 1630. The minimum absolute atomic E-state index is 0.0106. The number of hydrogen-bond donors (Lipinski definition) is 5. The van der Waals surface area contributed by atoms with E-state index in [-0.39, 0.29) is 57.2 Å². The van der Waals surface area contributed by atoms with E-state index in [4.69, 9.17) is 4.74 Å². The van der Waals surface area contributed by atoms with E-state index in [0.29, 0.717) is 19.3 Å². The van der Waals surface area contributed by atoms with Crippen LogP contribution < -0.4 is 21.3 Å². The highest BCUT2D eigenvalue weighted by Crippen LogP contribution is 2.43. The third-order valence-electron chi connectivity index (χ3n) is 7.69. The van der Waals surface area contributed by atoms with Gasteiger partial charge in [0.25, 0.3) is 0 Å². The van der Waals surface area contributed by atoms with Crippen LogP contribution in [0.3, 0.4) is 0 Å². The second-order valence-electron chi connectivity index (χ2n) is 13.1. The second-order valence-corrected chi connectivity index (χ2v) is 16.2. The number of carbonyl (C=O) groups excluding carboxylic acids is 1. The number of nitrogens with one attached hydrogen (secondary N) is 4. The summed E-state index contributed by atoms with van der Waals surface area (Å²) >= 11 is 0. The lowest BCUT2D eigenvalue weighted by Crippen LogP contribution is -2.50. The van der Waals surface area contributed by atoms with Crippen LogP contribution in [0.25, 0.3) is 22.2 Å². The van der Waals surface area contributed by atoms with Crippen molar-refractivity contribution in [3.05, 3.63) is 35.7 Å². The molecule has 3 aromatic rings. The van der Waals surface area contributed by atoms with Crippen LogP contribution in [0.4, 0.5) is 23.9 Å². The molecule has 4 rings (SSSR count). The molecule has 2 aromatic heterocycles. The number of unbranched alkanes of at least 4 members (excludes halogenated alkanes) is 1. The lowest BCUT2D eigenvalue weighted by Gasteiger charge is -2.26. The van der Waals surface area contributed by atoms with Gasteiger partial charge in [0.15, 0.2) is 0 Å². The van der Waals surface area contributed by atoms with Gasteiger partial charge in [-0.05, 0) is 65.9 Å². The lowest BCUT2D eigenvalue weighted by molar-refractivity contribution is -0.137. The van der Waals surface area contributed by atoms with Crippen molar-refractivity contribution in [1.29, 1.82) is 0 Å². The topological polar surface area (TPSA) is 158 Å². The van der Waals surface area contributed by atoms with Gasteiger partial charge in [-0.25, -0.2) is 19.6 Å². The van der Waals surface area contributed by atoms with Gasteiger partial charge >= 0.3 is 18.2 Å². The Labute approximate surface area is 265 Å². The second kappa shape index (κ2) is 13.6. The number of hydrogen-bond acceptors (Lipinski definition) is 8. The van der Waals surface area contributed by atoms with Gasteiger partial charge in [0, 0.05) is 40.7 Å². The SMILES string of the molecule is CCCC[C@H](NC(=O)OC(C)(C)C)N[C@H]1CC[C@H](Nc2ncc(C(F)(F)F)c(-c3c[nH]c4c(P(C)(C)=O)c(C(=O)O)ccc34)n2)C1. The van der Waals surface area contributed by atoms with E-state index in [9.17, 15) is 32.4 Å². The first-order valence-electron chi connectivity index (χ1n) is 15.3. The van der Waals surface area contributed by atoms with Crippen molar-refractivity contribution in [3.8, 4) is 11.3 Å². The lowest BCUT2D eigenvalue weighted by atomic mass is 10.0. The quantitative estimate of drug-likeness (QED) is 0.113. The minimum Gasteiger partial charge on any atom is -0.478 e. The third kappa shape index (κ3) is 8.58. The minimum atomic E-state index is -4.77. The van der Waals surface area contributed by atoms with E-state index in [2.05, 4.69) is 37.8 Å². The standard InChI is InChI=1S/C31H42F3N6O5P/c1-7-8-9-23(39-29(43)45-30(2,3)4)37-17-10-11-18(14-17)38-28-36-16-22(31(32,33)34)24(40-28)21-15-35-25-19(21)12-13-20(27(41)42)26(25)46(5,6)44/h12-13,15-18,23,35,37H,7-11,14H2,1-6H3,(H,39,43)(H,41,42)(H,36,38,40)/t17-,18-,23-/m0/s1. The number of nitrogens with zero attached hydrogens (tertiary/aromatic N) is 2. The molecule has 11 nitrogen and oxygen atoms in total. The molecular formula is C31H42F3N6O5P. The van der Waals surface area contributed by atoms with E-state index in [0.717, 1.165) is 25.5 Å². The van der Waals surface area contributed by atoms with Gasteiger partial charge < -0.3 is 30.0 Å². The predicted octanol–water partition coefficient (Wildman–Crippen LogP) is 6.55. The first-order chi connectivity index (χ1) is 21.4. The molecule has 0 bridgehead atoms. The molecule has 0 unspecified atom stereocenters. The average molecular weight is 667 g/mol. The number of carboxylic acid groups (broad SMARTS) is 1. The Morgan fingerprint density at radius 1 is 1.17 bits per heavy atom. The number of benzene rings is 1. The molecule has 1 saturated carbocycles. The average Bonchev–Trinajstić information content (AvgIpc) is 3.55. The molecule has 0 saturated heterocycles. The highest BCUT2D eigenvalue weighted by atomic mass is 31.2. The number of alkyl halides is 3. The summed E-state index contributed by atoms with van der Waals surface area (Å²) in [5.74, 6) is -1.28. The van der Waals surface area contributed by atoms with Crippen molar-refractivity contribution >= 4 is 41.4 Å². The van der Waals surface area contributed by atoms with Crippen molar-refractivity contribution in [1.82, 2.24) is 25.6 Å². The summed E-state index contributed by atoms with van der Waals surface area (Å²) in [6, 6.07) is 2.53. The van der Waals surface area contributed by atoms with E-state index in [1.54, 1.807) is 20.8 Å². The molecule has 46 heavy (non-hydrogen) atoms. The number of fused-ring (bicyclic) bond motifs is 1. The molecular weight excluding hydrogens is 624 g/mol. The van der Waals surface area contributed by atoms with Crippen LogP contribution in [0.1, 0.15) is 82.1 Å². The van der Waals surface area contributed by atoms with Crippen LogP contribution in [0.5, 0.6) is 0 Å². The molecule has 0 spiro atoms. The number of aromatic amines is 1. The largest absolute Gasteiger partial charge is 0.478 e. The van der Waals surface area contributed by atoms with Crippen molar-refractivity contribution in [2.24, 2.45) is 0 Å². The smallest absolute Gasteiger partial charge is 0.419 e. The Hall–Kier alpha value is -3.64. The molecule has 15 heteroatoms. The van der Waals surface area contributed by atoms with Crippen LogP contribution in [0.2, 0.25) is 0 Å². The van der Waals surface area contributed by atoms with Crippen molar-refractivity contribution in [3.63, 3.8) is 0 Å². The summed E-state index contributed by atoms with van der Waals surface area (Å²) in [7, 11) is -3.16. The number of carboxylic acids is 1. The summed E-state index contributed by atoms with van der Waals surface area (Å²) in [6.07, 6.45) is 1.09. The summed E-state index contributed by atoms with van der Waals surface area (Å²) < 4.78 is 61.0. The molecule has 3 atom stereocenters. The number of anilines is 1. The molecule has 5 N–H and O–H groups in total. The fourth-order valence-electron chi connectivity index (χ4n) is 5.76. The number of halogens is 3. The zero-order valence-corrected chi connectivity index (χ0v) is 27.7. The zero-order valence-electron chi connectivity index (χ0n) is 26.8. The number of carbonyl (C=O) groups is 2. The van der Waals surface area contributed by atoms with Crippen molar-refractivity contribution in [2.75, 3.05) is 18.6 Å². The first-order valence-corrected chi connectivity index (χ1v) is 17.9. The highest BCUT2D eigenvalue weighted by Gasteiger charge is 2.37. The summed E-state index contributed by atoms with van der Waals surface area (Å²) in [5.41, 5.74) is -1.99. The number of rotatable bonds is 11. The van der Waals surface area contributed by atoms with Gasteiger partial charge in [0.1, 0.15) is 18.3 Å². The Morgan fingerprint density at radius 2 is 1.87 bits per heavy atom. The maximum absolute atomic E-state index is 14.2. The predicted molar refractivity (Wildman–Crippen MR) is 171 cm³/mol. The molecule has 1 aliphatic rings. The molecule has 1 amide bonds. The molecule has 1 aromatic carbocycles. The Kier molecular flexibility index (Phi) is 10.4. The Balaban J connectivity index is 1.58. The molecule has 1 fully saturated rings. The summed E-state index contributed by atoms with van der Waals surface area (Å²) in [4.78, 5) is 35.4. The maximum Gasteiger partial charge on any atom is 0.419 e. The van der Waals surface area contributed by atoms with Crippen LogP contribution in [0.15, 0.2) is 24.5 Å². The number of ether oxygens (including phenoxy) is 1. The van der Waals surface area contributed by atoms with Crippen LogP contribution in [-0.4, -0.2) is 69.3 Å². The summed E-state index contributed by atoms with van der Waals surface area (Å²) in [5, 5.41) is 19.6. The van der Waals surface area contributed by atoms with Gasteiger partial charge in [-0.1, -0.05) is 25.8 Å². The number of H-pyrrole nitrogens is 1. The number of aromatic nitrogens is 3.